The normalized spacial score (nSPS) is 39.8. The zero-order valence-corrected chi connectivity index (χ0v) is 18.7. The number of thioether (sulfide) groups is 2. The first kappa shape index (κ1) is 22.0. The summed E-state index contributed by atoms with van der Waals surface area (Å²) in [6.45, 7) is 2.39. The summed E-state index contributed by atoms with van der Waals surface area (Å²) in [6, 6.07) is 0.480. The van der Waals surface area contributed by atoms with E-state index in [0.717, 1.165) is 16.4 Å². The molecule has 0 aromatic heterocycles. The quantitative estimate of drug-likeness (QED) is 0.569. The predicted octanol–water partition coefficient (Wildman–Crippen LogP) is 6.74. The molecular weight excluding hydrogens is 342 g/mol. The summed E-state index contributed by atoms with van der Waals surface area (Å²) >= 11 is 3.98. The minimum atomic E-state index is 0.480. The van der Waals surface area contributed by atoms with Crippen LogP contribution in [0.1, 0.15) is 90.4 Å². The van der Waals surface area contributed by atoms with E-state index >= 15 is 0 Å². The van der Waals surface area contributed by atoms with Gasteiger partial charge in [-0.05, 0) is 62.4 Å². The van der Waals surface area contributed by atoms with Crippen LogP contribution in [0.5, 0.6) is 0 Å². The highest BCUT2D eigenvalue weighted by molar-refractivity contribution is 7.99. The van der Waals surface area contributed by atoms with Gasteiger partial charge in [-0.25, -0.2) is 0 Å². The molecule has 0 aromatic carbocycles. The minimum Gasteiger partial charge on any atom is -0.327 e. The van der Waals surface area contributed by atoms with E-state index in [0.29, 0.717) is 6.04 Å². The summed E-state index contributed by atoms with van der Waals surface area (Å²) in [5, 5.41) is 1.72. The molecule has 4 rings (SSSR count). The van der Waals surface area contributed by atoms with Crippen LogP contribution in [0.25, 0.3) is 0 Å². The Kier molecular flexibility index (Phi) is 10.7. The van der Waals surface area contributed by atoms with Crippen LogP contribution in [0.4, 0.5) is 0 Å². The molecule has 4 fully saturated rings. The maximum Gasteiger partial charge on any atom is 0.0196 e. The average Bonchev–Trinajstić information content (AvgIpc) is 3.43. The first-order valence-corrected chi connectivity index (χ1v) is 13.5. The van der Waals surface area contributed by atoms with E-state index in [4.69, 9.17) is 5.73 Å². The van der Waals surface area contributed by atoms with Gasteiger partial charge in [0.15, 0.2) is 0 Å². The van der Waals surface area contributed by atoms with E-state index in [1.54, 1.807) is 19.3 Å². The van der Waals surface area contributed by atoms with Crippen molar-refractivity contribution in [2.45, 2.75) is 107 Å². The van der Waals surface area contributed by atoms with E-state index in [2.05, 4.69) is 31.2 Å². The monoisotopic (exact) mass is 385 g/mol. The van der Waals surface area contributed by atoms with Gasteiger partial charge in [0.05, 0.1) is 0 Å². The van der Waals surface area contributed by atoms with Gasteiger partial charge in [-0.2, -0.15) is 23.5 Å². The molecule has 25 heavy (non-hydrogen) atoms. The molecule has 4 aliphatic carbocycles. The number of hydrogen-bond acceptors (Lipinski definition) is 3. The van der Waals surface area contributed by atoms with Crippen molar-refractivity contribution in [3.63, 3.8) is 0 Å². The van der Waals surface area contributed by atoms with Crippen LogP contribution < -0.4 is 5.73 Å². The molecule has 0 saturated heterocycles. The first-order valence-electron chi connectivity index (χ1n) is 11.0. The molecule has 0 heterocycles. The summed E-state index contributed by atoms with van der Waals surface area (Å²) in [4.78, 5) is 0. The molecule has 0 radical (unpaired) electrons. The first-order chi connectivity index (χ1) is 12.2. The van der Waals surface area contributed by atoms with E-state index in [1.165, 1.54) is 76.0 Å². The van der Waals surface area contributed by atoms with Crippen molar-refractivity contribution in [3.05, 3.63) is 0 Å². The van der Waals surface area contributed by atoms with Gasteiger partial charge in [-0.3, -0.25) is 0 Å². The fourth-order valence-electron chi connectivity index (χ4n) is 4.88. The van der Waals surface area contributed by atoms with Crippen LogP contribution in [-0.4, -0.2) is 29.1 Å². The Labute approximate surface area is 166 Å². The molecule has 0 spiro atoms. The Hall–Kier alpha value is 0.660. The van der Waals surface area contributed by atoms with Crippen molar-refractivity contribution in [1.29, 1.82) is 0 Å². The van der Waals surface area contributed by atoms with Gasteiger partial charge in [-0.1, -0.05) is 58.3 Å². The molecular formula is C22H43NS2. The third kappa shape index (κ3) is 8.05. The molecule has 2 N–H and O–H groups in total. The van der Waals surface area contributed by atoms with Crippen molar-refractivity contribution in [2.24, 2.45) is 23.5 Å². The third-order valence-electron chi connectivity index (χ3n) is 6.86. The Morgan fingerprint density at radius 1 is 0.640 bits per heavy atom. The minimum absolute atomic E-state index is 0.480. The Morgan fingerprint density at radius 2 is 1.12 bits per heavy atom. The zero-order valence-electron chi connectivity index (χ0n) is 17.1. The Bertz CT molecular complexity index is 317. The third-order valence-corrected chi connectivity index (χ3v) is 9.36. The average molecular weight is 386 g/mol. The summed E-state index contributed by atoms with van der Waals surface area (Å²) < 4.78 is 0. The Morgan fingerprint density at radius 3 is 1.52 bits per heavy atom. The van der Waals surface area contributed by atoms with Crippen LogP contribution in [0.15, 0.2) is 0 Å². The van der Waals surface area contributed by atoms with Gasteiger partial charge in [0.25, 0.3) is 0 Å². The van der Waals surface area contributed by atoms with E-state index in [1.807, 2.05) is 11.8 Å². The van der Waals surface area contributed by atoms with Crippen molar-refractivity contribution < 1.29 is 0 Å². The summed E-state index contributed by atoms with van der Waals surface area (Å²) in [7, 11) is 0. The van der Waals surface area contributed by atoms with Crippen molar-refractivity contribution in [1.82, 2.24) is 0 Å². The second-order valence-corrected chi connectivity index (χ2v) is 11.0. The summed E-state index contributed by atoms with van der Waals surface area (Å²) in [5.41, 5.74) is 5.87. The summed E-state index contributed by atoms with van der Waals surface area (Å²) in [5.74, 6) is 3.39. The molecule has 6 atom stereocenters. The van der Waals surface area contributed by atoms with Crippen molar-refractivity contribution >= 4 is 23.5 Å². The molecule has 0 bridgehead atoms. The maximum absolute atomic E-state index is 5.87. The standard InChI is InChI=1S/C8H16S.C7H15NS.C7H12/c1-7-5-3-4-6-8(7)9-2;1-9-7-5-3-2-4-6(7)8;1-2-4-7-5-6(7)3-1/h7-8H,3-6H2,1-2H3;6-7H,2-5,8H2,1H3;6-7H,1-5H2/t7-,8-;6-,7-;/m00./s1. The van der Waals surface area contributed by atoms with Crippen LogP contribution in [-0.2, 0) is 0 Å². The highest BCUT2D eigenvalue weighted by atomic mass is 32.2. The lowest BCUT2D eigenvalue weighted by Crippen LogP contribution is -2.34. The fraction of sp³-hybridized carbons (Fsp3) is 1.00. The number of rotatable bonds is 2. The van der Waals surface area contributed by atoms with Crippen LogP contribution >= 0.6 is 23.5 Å². The van der Waals surface area contributed by atoms with Crippen molar-refractivity contribution in [2.75, 3.05) is 12.5 Å². The van der Waals surface area contributed by atoms with Gasteiger partial charge >= 0.3 is 0 Å². The zero-order chi connectivity index (χ0) is 18.1. The maximum atomic E-state index is 5.87. The molecule has 4 aliphatic rings. The molecule has 2 unspecified atom stereocenters. The topological polar surface area (TPSA) is 26.0 Å². The Balaban J connectivity index is 0.000000136. The number of nitrogens with two attached hydrogens (primary N) is 1. The molecule has 0 aliphatic heterocycles. The van der Waals surface area contributed by atoms with E-state index < -0.39 is 0 Å². The molecule has 148 valence electrons. The SMILES string of the molecule is C1CCC2CC2C1.CS[C@H]1CCCC[C@@H]1C.CS[C@H]1CCCC[C@@H]1N. The summed E-state index contributed by atoms with van der Waals surface area (Å²) in [6.07, 6.45) is 23.3. The van der Waals surface area contributed by atoms with Gasteiger partial charge < -0.3 is 5.73 Å². The lowest BCUT2D eigenvalue weighted by Gasteiger charge is -2.26. The van der Waals surface area contributed by atoms with Crippen LogP contribution in [0.3, 0.4) is 0 Å². The molecule has 0 amide bonds. The van der Waals surface area contributed by atoms with Gasteiger partial charge in [0.1, 0.15) is 0 Å². The lowest BCUT2D eigenvalue weighted by molar-refractivity contribution is 0.398. The molecule has 1 nitrogen and oxygen atoms in total. The molecule has 0 aromatic rings. The predicted molar refractivity (Wildman–Crippen MR) is 119 cm³/mol. The van der Waals surface area contributed by atoms with Crippen LogP contribution in [0.2, 0.25) is 0 Å². The largest absolute Gasteiger partial charge is 0.327 e. The van der Waals surface area contributed by atoms with Gasteiger partial charge in [-0.15, -0.1) is 0 Å². The van der Waals surface area contributed by atoms with Gasteiger partial charge in [0.2, 0.25) is 0 Å². The van der Waals surface area contributed by atoms with Gasteiger partial charge in [0, 0.05) is 16.5 Å². The van der Waals surface area contributed by atoms with E-state index in [9.17, 15) is 0 Å². The lowest BCUT2D eigenvalue weighted by atomic mass is 9.90. The fourth-order valence-corrected chi connectivity index (χ4v) is 6.77. The highest BCUT2D eigenvalue weighted by Crippen LogP contribution is 2.49. The van der Waals surface area contributed by atoms with Crippen LogP contribution in [0, 0.1) is 17.8 Å². The second kappa shape index (κ2) is 12.2. The highest BCUT2D eigenvalue weighted by Gasteiger charge is 2.37. The molecule has 4 saturated carbocycles. The van der Waals surface area contributed by atoms with Crippen molar-refractivity contribution in [3.8, 4) is 0 Å². The number of fused-ring (bicyclic) bond motifs is 1. The molecule has 3 heteroatoms. The number of hydrogen-bond donors (Lipinski definition) is 1. The van der Waals surface area contributed by atoms with E-state index in [-0.39, 0.29) is 0 Å². The second-order valence-electron chi connectivity index (χ2n) is 8.80. The smallest absolute Gasteiger partial charge is 0.0196 e.